The van der Waals surface area contributed by atoms with Crippen molar-refractivity contribution < 1.29 is 26.0 Å². The molecule has 0 aliphatic carbocycles. The number of rotatable bonds is 7. The predicted molar refractivity (Wildman–Crippen MR) is 124 cm³/mol. The number of para-hydroxylation sites is 1. The van der Waals surface area contributed by atoms with Crippen molar-refractivity contribution in [3.05, 3.63) is 84.4 Å². The molecule has 1 aromatic heterocycles. The largest absolute Gasteiger partial charge is 0.403 e. The average molecular weight is 499 g/mol. The second-order valence-corrected chi connectivity index (χ2v) is 10.8. The summed E-state index contributed by atoms with van der Waals surface area (Å²) in [7, 11) is -7.36. The Labute approximate surface area is 195 Å². The van der Waals surface area contributed by atoms with Crippen LogP contribution in [0.25, 0.3) is 11.5 Å². The highest BCUT2D eigenvalue weighted by molar-refractivity contribution is 7.92. The predicted octanol–water partition coefficient (Wildman–Crippen LogP) is 3.19. The molecule has 12 heteroatoms. The Morgan fingerprint density at radius 1 is 0.824 bits per heavy atom. The number of sulfone groups is 1. The van der Waals surface area contributed by atoms with E-state index < -0.39 is 25.8 Å². The minimum Gasteiger partial charge on any atom is -0.403 e. The van der Waals surface area contributed by atoms with Crippen LogP contribution in [0.5, 0.6) is 0 Å². The summed E-state index contributed by atoms with van der Waals surface area (Å²) < 4.78 is 56.7. The molecule has 0 fully saturated rings. The second kappa shape index (κ2) is 9.08. The Hall–Kier alpha value is -4.03. The third-order valence-electron chi connectivity index (χ3n) is 4.62. The number of amides is 1. The highest BCUT2D eigenvalue weighted by atomic mass is 32.2. The summed E-state index contributed by atoms with van der Waals surface area (Å²) in [4.78, 5) is 13.0. The van der Waals surface area contributed by atoms with Crippen LogP contribution in [0.4, 0.5) is 11.7 Å². The molecule has 0 unspecified atom stereocenters. The van der Waals surface area contributed by atoms with Gasteiger partial charge in [0.05, 0.1) is 21.0 Å². The van der Waals surface area contributed by atoms with Gasteiger partial charge in [-0.15, -0.1) is 5.10 Å². The zero-order chi connectivity index (χ0) is 24.3. The third-order valence-corrected chi connectivity index (χ3v) is 7.12. The van der Waals surface area contributed by atoms with Gasteiger partial charge < -0.3 is 4.42 Å². The molecule has 34 heavy (non-hydrogen) atoms. The van der Waals surface area contributed by atoms with E-state index in [0.717, 1.165) is 6.26 Å². The Morgan fingerprint density at radius 3 is 2.24 bits per heavy atom. The van der Waals surface area contributed by atoms with E-state index in [9.17, 15) is 21.6 Å². The van der Waals surface area contributed by atoms with Crippen molar-refractivity contribution >= 4 is 37.5 Å². The van der Waals surface area contributed by atoms with Gasteiger partial charge in [0.2, 0.25) is 5.89 Å². The summed E-state index contributed by atoms with van der Waals surface area (Å²) in [5.41, 5.74) is 0.442. The van der Waals surface area contributed by atoms with Crippen LogP contribution in [0.2, 0.25) is 0 Å². The molecule has 1 amide bonds. The number of nitrogens with one attached hydrogen (secondary N) is 2. The standard InChI is InChI=1S/C22H18N4O6S2/c1-33(28,29)17-11-7-8-15(14-17)21-24-25-22(32-21)23-20(27)18-12-5-6-13-19(18)26-34(30,31)16-9-3-2-4-10-16/h2-14,26H,1H3,(H,23,25,27). The average Bonchev–Trinajstić information content (AvgIpc) is 3.28. The van der Waals surface area contributed by atoms with Gasteiger partial charge >= 0.3 is 6.01 Å². The van der Waals surface area contributed by atoms with Crippen molar-refractivity contribution in [2.24, 2.45) is 0 Å². The fourth-order valence-corrected chi connectivity index (χ4v) is 4.76. The number of benzene rings is 3. The van der Waals surface area contributed by atoms with Gasteiger partial charge in [0, 0.05) is 11.8 Å². The molecule has 0 aliphatic rings. The Kier molecular flexibility index (Phi) is 6.18. The topological polar surface area (TPSA) is 148 Å². The lowest BCUT2D eigenvalue weighted by molar-refractivity contribution is 0.102. The Balaban J connectivity index is 1.56. The molecule has 4 rings (SSSR count). The molecule has 0 bridgehead atoms. The first-order chi connectivity index (χ1) is 16.1. The molecule has 10 nitrogen and oxygen atoms in total. The number of aromatic nitrogens is 2. The SMILES string of the molecule is CS(=O)(=O)c1cccc(-c2nnc(NC(=O)c3ccccc3NS(=O)(=O)c3ccccc3)o2)c1. The van der Waals surface area contributed by atoms with Gasteiger partial charge in [-0.25, -0.2) is 16.8 Å². The minimum absolute atomic E-state index is 0.00105. The van der Waals surface area contributed by atoms with E-state index in [2.05, 4.69) is 20.2 Å². The summed E-state index contributed by atoms with van der Waals surface area (Å²) in [5.74, 6) is -0.690. The van der Waals surface area contributed by atoms with Gasteiger partial charge in [-0.1, -0.05) is 41.5 Å². The number of carbonyl (C=O) groups excluding carboxylic acids is 1. The second-order valence-electron chi connectivity index (χ2n) is 7.13. The van der Waals surface area contributed by atoms with Crippen LogP contribution in [0.15, 0.2) is 93.1 Å². The molecule has 174 valence electrons. The van der Waals surface area contributed by atoms with Gasteiger partial charge in [0.1, 0.15) is 0 Å². The molecule has 4 aromatic rings. The van der Waals surface area contributed by atoms with E-state index in [-0.39, 0.29) is 32.9 Å². The first-order valence-electron chi connectivity index (χ1n) is 9.76. The van der Waals surface area contributed by atoms with Gasteiger partial charge in [-0.2, -0.15) is 0 Å². The molecule has 2 N–H and O–H groups in total. The summed E-state index contributed by atoms with van der Waals surface area (Å²) in [6, 6.07) is 19.5. The van der Waals surface area contributed by atoms with Crippen LogP contribution in [-0.4, -0.2) is 39.2 Å². The Morgan fingerprint density at radius 2 is 1.50 bits per heavy atom. The highest BCUT2D eigenvalue weighted by Crippen LogP contribution is 2.24. The molecule has 0 saturated carbocycles. The summed E-state index contributed by atoms with van der Waals surface area (Å²) in [6.45, 7) is 0. The summed E-state index contributed by atoms with van der Waals surface area (Å²) in [6.07, 6.45) is 1.08. The van der Waals surface area contributed by atoms with Crippen LogP contribution in [-0.2, 0) is 19.9 Å². The van der Waals surface area contributed by atoms with E-state index in [1.165, 1.54) is 42.5 Å². The van der Waals surface area contributed by atoms with Crippen molar-refractivity contribution in [3.63, 3.8) is 0 Å². The fourth-order valence-electron chi connectivity index (χ4n) is 2.99. The lowest BCUT2D eigenvalue weighted by Gasteiger charge is -2.11. The molecule has 0 radical (unpaired) electrons. The molecule has 3 aromatic carbocycles. The highest BCUT2D eigenvalue weighted by Gasteiger charge is 2.20. The zero-order valence-electron chi connectivity index (χ0n) is 17.7. The number of nitrogens with zero attached hydrogens (tertiary/aromatic N) is 2. The van der Waals surface area contributed by atoms with Gasteiger partial charge in [-0.3, -0.25) is 14.8 Å². The summed E-state index contributed by atoms with van der Waals surface area (Å²) >= 11 is 0. The van der Waals surface area contributed by atoms with Crippen molar-refractivity contribution in [1.29, 1.82) is 0 Å². The maximum atomic E-state index is 12.8. The molecular weight excluding hydrogens is 480 g/mol. The molecule has 0 spiro atoms. The number of carbonyl (C=O) groups is 1. The normalized spacial score (nSPS) is 11.7. The maximum absolute atomic E-state index is 12.8. The first kappa shape index (κ1) is 23.1. The van der Waals surface area contributed by atoms with E-state index in [4.69, 9.17) is 4.42 Å². The van der Waals surface area contributed by atoms with Crippen molar-refractivity contribution in [2.45, 2.75) is 9.79 Å². The molecule has 0 saturated heterocycles. The van der Waals surface area contributed by atoms with E-state index in [1.807, 2.05) is 0 Å². The Bertz CT molecular complexity index is 1570. The van der Waals surface area contributed by atoms with Crippen molar-refractivity contribution in [3.8, 4) is 11.5 Å². The van der Waals surface area contributed by atoms with E-state index in [0.29, 0.717) is 5.56 Å². The lowest BCUT2D eigenvalue weighted by Crippen LogP contribution is -2.18. The van der Waals surface area contributed by atoms with Gasteiger partial charge in [0.25, 0.3) is 15.9 Å². The minimum atomic E-state index is -3.92. The zero-order valence-corrected chi connectivity index (χ0v) is 19.3. The quantitative estimate of drug-likeness (QED) is 0.395. The van der Waals surface area contributed by atoms with Gasteiger partial charge in [0.15, 0.2) is 9.84 Å². The maximum Gasteiger partial charge on any atom is 0.322 e. The molecular formula is C22H18N4O6S2. The van der Waals surface area contributed by atoms with Crippen LogP contribution in [0, 0.1) is 0 Å². The molecule has 1 heterocycles. The number of hydrogen-bond donors (Lipinski definition) is 2. The van der Waals surface area contributed by atoms with Crippen LogP contribution in [0.1, 0.15) is 10.4 Å². The third kappa shape index (κ3) is 5.13. The number of hydrogen-bond acceptors (Lipinski definition) is 8. The van der Waals surface area contributed by atoms with Crippen molar-refractivity contribution in [1.82, 2.24) is 10.2 Å². The number of sulfonamides is 1. The van der Waals surface area contributed by atoms with Crippen molar-refractivity contribution in [2.75, 3.05) is 16.3 Å². The van der Waals surface area contributed by atoms with E-state index in [1.54, 1.807) is 36.4 Å². The van der Waals surface area contributed by atoms with Crippen LogP contribution in [0.3, 0.4) is 0 Å². The number of anilines is 2. The smallest absolute Gasteiger partial charge is 0.322 e. The van der Waals surface area contributed by atoms with Gasteiger partial charge in [-0.05, 0) is 42.5 Å². The fraction of sp³-hybridized carbons (Fsp3) is 0.0455. The lowest BCUT2D eigenvalue weighted by atomic mass is 10.2. The monoisotopic (exact) mass is 498 g/mol. The van der Waals surface area contributed by atoms with Crippen LogP contribution < -0.4 is 10.0 Å². The van der Waals surface area contributed by atoms with Crippen LogP contribution >= 0.6 is 0 Å². The first-order valence-corrected chi connectivity index (χ1v) is 13.1. The molecule has 0 atom stereocenters. The molecule has 0 aliphatic heterocycles. The van der Waals surface area contributed by atoms with E-state index >= 15 is 0 Å². The summed E-state index contributed by atoms with van der Waals surface area (Å²) in [5, 5.41) is 10.0.